The number of hydrogen-bond acceptors (Lipinski definition) is 2. The van der Waals surface area contributed by atoms with Gasteiger partial charge in [-0.05, 0) is 0 Å². The average molecular weight is 263 g/mol. The van der Waals surface area contributed by atoms with Gasteiger partial charge in [0.1, 0.15) is 0 Å². The maximum Gasteiger partial charge on any atom is 0.471 e. The standard InChI is InChI=1S/C5F9O2/c6-1(7)2(8)16-5(13,14)3(9,10)4(11,12)15/q-1. The van der Waals surface area contributed by atoms with Crippen LogP contribution in [0.25, 0.3) is 0 Å². The van der Waals surface area contributed by atoms with E-state index in [1.165, 1.54) is 0 Å². The van der Waals surface area contributed by atoms with Crippen molar-refractivity contribution >= 4 is 0 Å². The molecule has 96 valence electrons. The summed E-state index contributed by atoms with van der Waals surface area (Å²) in [7, 11) is 0. The molecule has 0 saturated carbocycles. The summed E-state index contributed by atoms with van der Waals surface area (Å²) in [5.74, 6) is -6.70. The fourth-order valence-electron chi connectivity index (χ4n) is 0.385. The van der Waals surface area contributed by atoms with Crippen LogP contribution in [0.1, 0.15) is 0 Å². The van der Waals surface area contributed by atoms with Gasteiger partial charge < -0.3 is 9.84 Å². The summed E-state index contributed by atoms with van der Waals surface area (Å²) in [6, 6.07) is -3.49. The summed E-state index contributed by atoms with van der Waals surface area (Å²) < 4.78 is 107. The van der Waals surface area contributed by atoms with E-state index in [1.54, 1.807) is 0 Å². The Morgan fingerprint density at radius 3 is 1.50 bits per heavy atom. The second-order valence-electron chi connectivity index (χ2n) is 2.24. The lowest BCUT2D eigenvalue weighted by Gasteiger charge is -2.34. The predicted molar refractivity (Wildman–Crippen MR) is 26.3 cm³/mol. The number of hydrogen-bond donors (Lipinski definition) is 0. The maximum atomic E-state index is 12.0. The lowest BCUT2D eigenvalue weighted by molar-refractivity contribution is -0.633. The van der Waals surface area contributed by atoms with Gasteiger partial charge in [0, 0.05) is 0 Å². The molecule has 0 atom stereocenters. The zero-order chi connectivity index (χ0) is 13.4. The Morgan fingerprint density at radius 2 is 1.25 bits per heavy atom. The first-order valence-electron chi connectivity index (χ1n) is 3.06. The molecule has 0 aliphatic carbocycles. The molecule has 0 aromatic heterocycles. The van der Waals surface area contributed by atoms with Gasteiger partial charge in [0.25, 0.3) is 6.11 Å². The highest BCUT2D eigenvalue weighted by atomic mass is 19.4. The molecular formula is C5F9O2-. The smallest absolute Gasteiger partial charge is 0.471 e. The van der Waals surface area contributed by atoms with Gasteiger partial charge in [0.15, 0.2) is 0 Å². The van der Waals surface area contributed by atoms with Crippen LogP contribution >= 0.6 is 0 Å². The number of halogens is 9. The zero-order valence-corrected chi connectivity index (χ0v) is 6.72. The SMILES string of the molecule is [O-]C(F)(F)C(F)(F)C(F)(F)OC(F)=C(F)F. The molecule has 11 heteroatoms. The molecule has 0 fully saturated rings. The van der Waals surface area contributed by atoms with Crippen molar-refractivity contribution in [2.75, 3.05) is 0 Å². The highest BCUT2D eigenvalue weighted by Gasteiger charge is 2.69. The highest BCUT2D eigenvalue weighted by molar-refractivity contribution is 4.89. The van der Waals surface area contributed by atoms with Crippen LogP contribution in [-0.2, 0) is 4.74 Å². The fraction of sp³-hybridized carbons (Fsp3) is 0.600. The summed E-state index contributed by atoms with van der Waals surface area (Å²) >= 11 is 0. The average Bonchev–Trinajstić information content (AvgIpc) is 2.00. The van der Waals surface area contributed by atoms with Gasteiger partial charge in [-0.15, -0.1) is 0 Å². The van der Waals surface area contributed by atoms with Crippen LogP contribution in [0.4, 0.5) is 39.5 Å². The zero-order valence-electron chi connectivity index (χ0n) is 6.72. The van der Waals surface area contributed by atoms with E-state index in [-0.39, 0.29) is 0 Å². The molecule has 0 spiro atoms. The van der Waals surface area contributed by atoms with Crippen LogP contribution in [0, 0.1) is 0 Å². The summed E-state index contributed by atoms with van der Waals surface area (Å²) in [4.78, 5) is 0. The first kappa shape index (κ1) is 14.9. The molecule has 0 saturated heterocycles. The van der Waals surface area contributed by atoms with E-state index in [4.69, 9.17) is 0 Å². The highest BCUT2D eigenvalue weighted by Crippen LogP contribution is 2.44. The van der Waals surface area contributed by atoms with Crippen molar-refractivity contribution in [3.63, 3.8) is 0 Å². The molecule has 16 heavy (non-hydrogen) atoms. The van der Waals surface area contributed by atoms with Crippen LogP contribution in [0.3, 0.4) is 0 Å². The first-order valence-corrected chi connectivity index (χ1v) is 3.06. The van der Waals surface area contributed by atoms with Crippen molar-refractivity contribution in [1.29, 1.82) is 0 Å². The summed E-state index contributed by atoms with van der Waals surface area (Å²) in [6.45, 7) is 0. The van der Waals surface area contributed by atoms with Gasteiger partial charge in [0.05, 0.1) is 0 Å². The third kappa shape index (κ3) is 2.71. The van der Waals surface area contributed by atoms with Gasteiger partial charge >= 0.3 is 24.1 Å². The molecule has 0 N–H and O–H groups in total. The second kappa shape index (κ2) is 4.03. The molecule has 0 aromatic carbocycles. The predicted octanol–water partition coefficient (Wildman–Crippen LogP) is 2.22. The van der Waals surface area contributed by atoms with Crippen LogP contribution in [-0.4, -0.2) is 18.1 Å². The van der Waals surface area contributed by atoms with E-state index in [9.17, 15) is 44.6 Å². The van der Waals surface area contributed by atoms with Crippen molar-refractivity contribution in [2.45, 2.75) is 18.1 Å². The minimum Gasteiger partial charge on any atom is -0.793 e. The Bertz CT molecular complexity index is 287. The van der Waals surface area contributed by atoms with E-state index < -0.39 is 30.2 Å². The molecule has 2 nitrogen and oxygen atoms in total. The number of alkyl halides is 6. The molecule has 0 radical (unpaired) electrons. The van der Waals surface area contributed by atoms with Crippen molar-refractivity contribution in [2.24, 2.45) is 0 Å². The lowest BCUT2D eigenvalue weighted by atomic mass is 10.3. The van der Waals surface area contributed by atoms with Crippen molar-refractivity contribution in [3.05, 3.63) is 12.1 Å². The second-order valence-corrected chi connectivity index (χ2v) is 2.24. The first-order chi connectivity index (χ1) is 6.83. The van der Waals surface area contributed by atoms with Gasteiger partial charge in [-0.25, -0.2) is 8.78 Å². The third-order valence-electron chi connectivity index (χ3n) is 1.10. The molecular weight excluding hydrogens is 263 g/mol. The minimum absolute atomic E-state index is 1.99. The molecule has 0 rings (SSSR count). The third-order valence-corrected chi connectivity index (χ3v) is 1.10. The number of rotatable bonds is 4. The monoisotopic (exact) mass is 263 g/mol. The topological polar surface area (TPSA) is 32.3 Å². The molecule has 0 heterocycles. The number of ether oxygens (including phenoxy) is 1. The Hall–Kier alpha value is -1.13. The Balaban J connectivity index is 5.15. The van der Waals surface area contributed by atoms with E-state index in [0.717, 1.165) is 0 Å². The molecule has 0 aliphatic rings. The molecule has 0 amide bonds. The normalized spacial score (nSPS) is 13.6. The van der Waals surface area contributed by atoms with E-state index in [1.807, 2.05) is 4.74 Å². The largest absolute Gasteiger partial charge is 0.793 e. The fourth-order valence-corrected chi connectivity index (χ4v) is 0.385. The summed E-state index contributed by atoms with van der Waals surface area (Å²) in [6.07, 6.45) is -16.5. The van der Waals surface area contributed by atoms with Crippen LogP contribution in [0.2, 0.25) is 0 Å². The van der Waals surface area contributed by atoms with Crippen molar-refractivity contribution < 1.29 is 49.4 Å². The van der Waals surface area contributed by atoms with Gasteiger partial charge in [0.2, 0.25) is 0 Å². The molecule has 0 aliphatic heterocycles. The summed E-state index contributed by atoms with van der Waals surface area (Å²) in [5, 5.41) is 9.35. The van der Waals surface area contributed by atoms with Crippen molar-refractivity contribution in [3.8, 4) is 0 Å². The quantitative estimate of drug-likeness (QED) is 0.575. The van der Waals surface area contributed by atoms with Crippen molar-refractivity contribution in [1.82, 2.24) is 0 Å². The van der Waals surface area contributed by atoms with Gasteiger partial charge in [-0.3, -0.25) is 0 Å². The summed E-state index contributed by atoms with van der Waals surface area (Å²) in [5.41, 5.74) is 0. The van der Waals surface area contributed by atoms with Crippen LogP contribution < -0.4 is 5.11 Å². The minimum atomic E-state index is -6.70. The van der Waals surface area contributed by atoms with E-state index in [2.05, 4.69) is 0 Å². The van der Waals surface area contributed by atoms with Crippen LogP contribution in [0.15, 0.2) is 12.1 Å². The Morgan fingerprint density at radius 1 is 0.875 bits per heavy atom. The molecule has 0 aromatic rings. The van der Waals surface area contributed by atoms with E-state index >= 15 is 0 Å². The maximum absolute atomic E-state index is 12.0. The molecule has 0 unspecified atom stereocenters. The lowest BCUT2D eigenvalue weighted by Crippen LogP contribution is -2.61. The van der Waals surface area contributed by atoms with E-state index in [0.29, 0.717) is 0 Å². The Labute approximate surface area is 80.9 Å². The van der Waals surface area contributed by atoms with Gasteiger partial charge in [-0.2, -0.15) is 30.7 Å². The van der Waals surface area contributed by atoms with Crippen LogP contribution in [0.5, 0.6) is 0 Å². The molecule has 0 bridgehead atoms. The van der Waals surface area contributed by atoms with Gasteiger partial charge in [-0.1, -0.05) is 0 Å². The Kier molecular flexibility index (Phi) is 3.75.